The Morgan fingerprint density at radius 2 is 2.09 bits per heavy atom. The van der Waals surface area contributed by atoms with Gasteiger partial charge in [-0.25, -0.2) is 0 Å². The summed E-state index contributed by atoms with van der Waals surface area (Å²) in [7, 11) is 1.58. The number of hydrogen-bond acceptors (Lipinski definition) is 4. The first kappa shape index (κ1) is 17.5. The van der Waals surface area contributed by atoms with Gasteiger partial charge >= 0.3 is 0 Å². The summed E-state index contributed by atoms with van der Waals surface area (Å²) in [6.07, 6.45) is 1.29. The molecule has 1 aromatic rings. The van der Waals surface area contributed by atoms with E-state index in [1.165, 1.54) is 0 Å². The summed E-state index contributed by atoms with van der Waals surface area (Å²) in [5, 5.41) is 12.7. The van der Waals surface area contributed by atoms with E-state index < -0.39 is 6.10 Å². The standard InChI is InChI=1S/C18H24N2O3/c1-23-14-17(21)13-20-11-9-16(10-12-20)19-18(22)8-7-15-5-3-2-4-6-15/h2-6,16-17,21H,9-14H2,1H3,(H,19,22). The highest BCUT2D eigenvalue weighted by Gasteiger charge is 2.21. The van der Waals surface area contributed by atoms with E-state index >= 15 is 0 Å². The van der Waals surface area contributed by atoms with Crippen LogP contribution in [0.4, 0.5) is 0 Å². The van der Waals surface area contributed by atoms with Crippen LogP contribution in [0.1, 0.15) is 18.4 Å². The third-order valence-electron chi connectivity index (χ3n) is 3.84. The first-order chi connectivity index (χ1) is 11.2. The molecule has 1 atom stereocenters. The SMILES string of the molecule is COCC(O)CN1CCC(NC(=O)C#Cc2ccccc2)CC1. The van der Waals surface area contributed by atoms with Crippen LogP contribution in [-0.4, -0.2) is 61.4 Å². The van der Waals surface area contributed by atoms with Gasteiger partial charge in [-0.05, 0) is 25.0 Å². The molecule has 1 aliphatic heterocycles. The number of aliphatic hydroxyl groups is 1. The van der Waals surface area contributed by atoms with Crippen LogP contribution in [0.3, 0.4) is 0 Å². The Bertz CT molecular complexity index is 542. The first-order valence-electron chi connectivity index (χ1n) is 7.94. The number of β-amino-alcohol motifs (C(OH)–C–C–N with tert-alkyl or cyclic N) is 1. The van der Waals surface area contributed by atoms with Crippen LogP contribution >= 0.6 is 0 Å². The fraction of sp³-hybridized carbons (Fsp3) is 0.500. The van der Waals surface area contributed by atoms with Gasteiger partial charge in [-0.2, -0.15) is 0 Å². The molecule has 1 saturated heterocycles. The summed E-state index contributed by atoms with van der Waals surface area (Å²) < 4.78 is 4.93. The van der Waals surface area contributed by atoms with E-state index in [1.807, 2.05) is 30.3 Å². The van der Waals surface area contributed by atoms with Crippen molar-refractivity contribution in [1.82, 2.24) is 10.2 Å². The van der Waals surface area contributed by atoms with Crippen LogP contribution in [0.25, 0.3) is 0 Å². The summed E-state index contributed by atoms with van der Waals surface area (Å²) >= 11 is 0. The average Bonchev–Trinajstić information content (AvgIpc) is 2.56. The predicted octanol–water partition coefficient (Wildman–Crippen LogP) is 0.626. The second-order valence-electron chi connectivity index (χ2n) is 5.77. The van der Waals surface area contributed by atoms with Crippen molar-refractivity contribution in [1.29, 1.82) is 0 Å². The molecule has 0 bridgehead atoms. The van der Waals surface area contributed by atoms with E-state index in [9.17, 15) is 9.90 Å². The summed E-state index contributed by atoms with van der Waals surface area (Å²) in [5.41, 5.74) is 0.838. The zero-order valence-electron chi connectivity index (χ0n) is 13.5. The van der Waals surface area contributed by atoms with Gasteiger partial charge in [-0.15, -0.1) is 0 Å². The van der Waals surface area contributed by atoms with Crippen molar-refractivity contribution in [2.45, 2.75) is 25.0 Å². The lowest BCUT2D eigenvalue weighted by atomic mass is 10.0. The zero-order valence-corrected chi connectivity index (χ0v) is 13.5. The molecule has 2 rings (SSSR count). The summed E-state index contributed by atoms with van der Waals surface area (Å²) in [6, 6.07) is 9.63. The average molecular weight is 316 g/mol. The van der Waals surface area contributed by atoms with E-state index in [1.54, 1.807) is 7.11 Å². The van der Waals surface area contributed by atoms with Gasteiger partial charge < -0.3 is 20.1 Å². The molecule has 124 valence electrons. The number of nitrogens with one attached hydrogen (secondary N) is 1. The van der Waals surface area contributed by atoms with Gasteiger partial charge in [-0.3, -0.25) is 4.79 Å². The normalized spacial score (nSPS) is 17.1. The van der Waals surface area contributed by atoms with Crippen molar-refractivity contribution in [2.75, 3.05) is 33.4 Å². The van der Waals surface area contributed by atoms with Gasteiger partial charge in [0.15, 0.2) is 0 Å². The molecule has 2 N–H and O–H groups in total. The highest BCUT2D eigenvalue weighted by Crippen LogP contribution is 2.10. The van der Waals surface area contributed by atoms with E-state index in [0.717, 1.165) is 31.5 Å². The fourth-order valence-electron chi connectivity index (χ4n) is 2.67. The molecule has 1 heterocycles. The lowest BCUT2D eigenvalue weighted by molar-refractivity contribution is -0.116. The number of amides is 1. The molecule has 1 unspecified atom stereocenters. The third kappa shape index (κ3) is 6.41. The second kappa shape index (κ2) is 9.31. The molecule has 5 heteroatoms. The quantitative estimate of drug-likeness (QED) is 0.782. The molecule has 1 amide bonds. The van der Waals surface area contributed by atoms with Crippen LogP contribution in [-0.2, 0) is 9.53 Å². The fourth-order valence-corrected chi connectivity index (χ4v) is 2.67. The monoisotopic (exact) mass is 316 g/mol. The molecule has 5 nitrogen and oxygen atoms in total. The number of rotatable bonds is 5. The molecule has 1 aromatic carbocycles. The Hall–Kier alpha value is -1.87. The summed E-state index contributed by atoms with van der Waals surface area (Å²) in [6.45, 7) is 2.68. The Kier molecular flexibility index (Phi) is 7.08. The lowest BCUT2D eigenvalue weighted by Gasteiger charge is -2.33. The maximum atomic E-state index is 11.9. The Morgan fingerprint density at radius 3 is 2.74 bits per heavy atom. The molecular formula is C18H24N2O3. The number of methoxy groups -OCH3 is 1. The van der Waals surface area contributed by atoms with Crippen LogP contribution in [0.15, 0.2) is 30.3 Å². The third-order valence-corrected chi connectivity index (χ3v) is 3.84. The first-order valence-corrected chi connectivity index (χ1v) is 7.94. The van der Waals surface area contributed by atoms with E-state index in [0.29, 0.717) is 13.2 Å². The lowest BCUT2D eigenvalue weighted by Crippen LogP contribution is -2.46. The van der Waals surface area contributed by atoms with Gasteiger partial charge in [0, 0.05) is 44.3 Å². The molecule has 1 fully saturated rings. The van der Waals surface area contributed by atoms with Crippen molar-refractivity contribution >= 4 is 5.91 Å². The maximum absolute atomic E-state index is 11.9. The summed E-state index contributed by atoms with van der Waals surface area (Å²) in [4.78, 5) is 14.1. The molecule has 0 radical (unpaired) electrons. The topological polar surface area (TPSA) is 61.8 Å². The minimum atomic E-state index is -0.456. The number of likely N-dealkylation sites (tertiary alicyclic amines) is 1. The molecule has 0 saturated carbocycles. The Balaban J connectivity index is 1.72. The number of nitrogens with zero attached hydrogens (tertiary/aromatic N) is 1. The van der Waals surface area contributed by atoms with E-state index in [4.69, 9.17) is 4.74 Å². The van der Waals surface area contributed by atoms with Crippen molar-refractivity contribution in [3.05, 3.63) is 35.9 Å². The number of piperidine rings is 1. The van der Waals surface area contributed by atoms with Crippen molar-refractivity contribution < 1.29 is 14.6 Å². The van der Waals surface area contributed by atoms with Gasteiger partial charge in [-0.1, -0.05) is 24.1 Å². The smallest absolute Gasteiger partial charge is 0.296 e. The molecule has 1 aliphatic rings. The van der Waals surface area contributed by atoms with Crippen LogP contribution < -0.4 is 5.32 Å². The maximum Gasteiger partial charge on any atom is 0.296 e. The van der Waals surface area contributed by atoms with Gasteiger partial charge in [0.05, 0.1) is 12.7 Å². The number of carbonyl (C=O) groups is 1. The van der Waals surface area contributed by atoms with Crippen molar-refractivity contribution in [2.24, 2.45) is 0 Å². The van der Waals surface area contributed by atoms with Crippen LogP contribution in [0.2, 0.25) is 0 Å². The largest absolute Gasteiger partial charge is 0.389 e. The van der Waals surface area contributed by atoms with Gasteiger partial charge in [0.2, 0.25) is 0 Å². The highest BCUT2D eigenvalue weighted by atomic mass is 16.5. The van der Waals surface area contributed by atoms with Crippen molar-refractivity contribution in [3.8, 4) is 11.8 Å². The molecule has 0 spiro atoms. The van der Waals surface area contributed by atoms with Crippen LogP contribution in [0, 0.1) is 11.8 Å². The number of carbonyl (C=O) groups excluding carboxylic acids is 1. The summed E-state index contributed by atoms with van der Waals surface area (Å²) in [5.74, 6) is 5.27. The predicted molar refractivity (Wildman–Crippen MR) is 88.8 cm³/mol. The van der Waals surface area contributed by atoms with Crippen LogP contribution in [0.5, 0.6) is 0 Å². The van der Waals surface area contributed by atoms with Crippen molar-refractivity contribution in [3.63, 3.8) is 0 Å². The van der Waals surface area contributed by atoms with Gasteiger partial charge in [0.25, 0.3) is 5.91 Å². The van der Waals surface area contributed by atoms with Gasteiger partial charge in [0.1, 0.15) is 0 Å². The zero-order chi connectivity index (χ0) is 16.5. The molecular weight excluding hydrogens is 292 g/mol. The number of benzene rings is 1. The Labute approximate surface area is 137 Å². The number of aliphatic hydroxyl groups excluding tert-OH is 1. The van der Waals surface area contributed by atoms with E-state index in [-0.39, 0.29) is 11.9 Å². The molecule has 0 aromatic heterocycles. The highest BCUT2D eigenvalue weighted by molar-refractivity contribution is 5.94. The second-order valence-corrected chi connectivity index (χ2v) is 5.77. The molecule has 23 heavy (non-hydrogen) atoms. The van der Waals surface area contributed by atoms with E-state index in [2.05, 4.69) is 22.1 Å². The number of hydrogen-bond donors (Lipinski definition) is 2. The molecule has 0 aliphatic carbocycles. The Morgan fingerprint density at radius 1 is 1.39 bits per heavy atom. The minimum absolute atomic E-state index is 0.156. The number of ether oxygens (including phenoxy) is 1. The minimum Gasteiger partial charge on any atom is -0.389 e.